The van der Waals surface area contributed by atoms with Gasteiger partial charge >= 0.3 is 0 Å². The average molecular weight is 208 g/mol. The van der Waals surface area contributed by atoms with Crippen molar-refractivity contribution >= 4 is 0 Å². The molecule has 1 aromatic rings. The zero-order chi connectivity index (χ0) is 10.7. The van der Waals surface area contributed by atoms with Crippen molar-refractivity contribution in [1.29, 1.82) is 0 Å². The summed E-state index contributed by atoms with van der Waals surface area (Å²) in [7, 11) is 1.66. The van der Waals surface area contributed by atoms with Gasteiger partial charge in [0.1, 0.15) is 17.6 Å². The lowest BCUT2D eigenvalue weighted by atomic mass is 10.2. The summed E-state index contributed by atoms with van der Waals surface area (Å²) >= 11 is 0. The predicted molar refractivity (Wildman–Crippen MR) is 57.6 cm³/mol. The van der Waals surface area contributed by atoms with E-state index in [1.807, 2.05) is 25.1 Å². The molecule has 3 nitrogen and oxygen atoms in total. The molecule has 0 spiro atoms. The maximum Gasteiger partial charge on any atom is 0.124 e. The number of hydrogen-bond donors (Lipinski definition) is 0. The van der Waals surface area contributed by atoms with Gasteiger partial charge in [0.05, 0.1) is 20.3 Å². The molecule has 1 aliphatic heterocycles. The molecule has 0 aliphatic carbocycles. The van der Waals surface area contributed by atoms with Crippen molar-refractivity contribution < 1.29 is 14.2 Å². The fraction of sp³-hybridized carbons (Fsp3) is 0.500. The van der Waals surface area contributed by atoms with Crippen LogP contribution in [-0.4, -0.2) is 26.4 Å². The topological polar surface area (TPSA) is 27.7 Å². The Morgan fingerprint density at radius 2 is 2.07 bits per heavy atom. The summed E-state index contributed by atoms with van der Waals surface area (Å²) in [6, 6.07) is 5.91. The van der Waals surface area contributed by atoms with E-state index in [2.05, 4.69) is 0 Å². The maximum absolute atomic E-state index is 5.79. The van der Waals surface area contributed by atoms with Gasteiger partial charge < -0.3 is 14.2 Å². The Balaban J connectivity index is 2.09. The van der Waals surface area contributed by atoms with Gasteiger partial charge in [-0.25, -0.2) is 0 Å². The molecular formula is C12H16O3. The standard InChI is InChI=1S/C12H16O3/c1-9-5-11(13-2)7-12(6-9)15-10-3-4-14-8-10/h5-7,10H,3-4,8H2,1-2H3/t10-/m1/s1. The molecule has 1 saturated heterocycles. The maximum atomic E-state index is 5.79. The highest BCUT2D eigenvalue weighted by Gasteiger charge is 2.17. The molecule has 1 heterocycles. The van der Waals surface area contributed by atoms with Gasteiger partial charge in [0.25, 0.3) is 0 Å². The van der Waals surface area contributed by atoms with Gasteiger partial charge in [-0.2, -0.15) is 0 Å². The van der Waals surface area contributed by atoms with Gasteiger partial charge in [-0.15, -0.1) is 0 Å². The molecule has 0 unspecified atom stereocenters. The summed E-state index contributed by atoms with van der Waals surface area (Å²) in [6.45, 7) is 3.52. The fourth-order valence-corrected chi connectivity index (χ4v) is 1.70. The molecule has 0 N–H and O–H groups in total. The van der Waals surface area contributed by atoms with E-state index < -0.39 is 0 Å². The van der Waals surface area contributed by atoms with Crippen molar-refractivity contribution in [3.8, 4) is 11.5 Å². The van der Waals surface area contributed by atoms with Gasteiger partial charge in [-0.05, 0) is 24.6 Å². The zero-order valence-corrected chi connectivity index (χ0v) is 9.16. The number of methoxy groups -OCH3 is 1. The minimum atomic E-state index is 0.191. The minimum Gasteiger partial charge on any atom is -0.497 e. The Bertz CT molecular complexity index is 330. The van der Waals surface area contributed by atoms with E-state index in [1.54, 1.807) is 7.11 Å². The smallest absolute Gasteiger partial charge is 0.124 e. The second-order valence-electron chi connectivity index (χ2n) is 3.79. The molecule has 82 valence electrons. The van der Waals surface area contributed by atoms with E-state index in [9.17, 15) is 0 Å². The summed E-state index contributed by atoms with van der Waals surface area (Å²) < 4.78 is 16.2. The molecule has 0 saturated carbocycles. The molecule has 0 amide bonds. The van der Waals surface area contributed by atoms with Gasteiger partial charge in [0.15, 0.2) is 0 Å². The molecule has 1 aliphatic rings. The summed E-state index contributed by atoms with van der Waals surface area (Å²) in [5, 5.41) is 0. The van der Waals surface area contributed by atoms with Crippen LogP contribution in [-0.2, 0) is 4.74 Å². The van der Waals surface area contributed by atoms with Crippen molar-refractivity contribution in [3.63, 3.8) is 0 Å². The number of benzene rings is 1. The SMILES string of the molecule is COc1cc(C)cc(O[C@@H]2CCOC2)c1. The average Bonchev–Trinajstić information content (AvgIpc) is 2.69. The largest absolute Gasteiger partial charge is 0.497 e. The van der Waals surface area contributed by atoms with Gasteiger partial charge in [-0.3, -0.25) is 0 Å². The zero-order valence-electron chi connectivity index (χ0n) is 9.16. The Morgan fingerprint density at radius 1 is 1.27 bits per heavy atom. The van der Waals surface area contributed by atoms with Crippen LogP contribution >= 0.6 is 0 Å². The van der Waals surface area contributed by atoms with E-state index in [1.165, 1.54) is 0 Å². The second kappa shape index (κ2) is 4.53. The summed E-state index contributed by atoms with van der Waals surface area (Å²) in [5.74, 6) is 1.70. The third kappa shape index (κ3) is 2.63. The van der Waals surface area contributed by atoms with Crippen LogP contribution in [0.25, 0.3) is 0 Å². The Labute approximate surface area is 90.0 Å². The number of ether oxygens (including phenoxy) is 3. The van der Waals surface area contributed by atoms with Crippen LogP contribution in [0.15, 0.2) is 18.2 Å². The van der Waals surface area contributed by atoms with Crippen LogP contribution < -0.4 is 9.47 Å². The molecule has 1 atom stereocenters. The molecule has 0 radical (unpaired) electrons. The van der Waals surface area contributed by atoms with Crippen LogP contribution in [0.3, 0.4) is 0 Å². The molecule has 15 heavy (non-hydrogen) atoms. The van der Waals surface area contributed by atoms with Crippen LogP contribution in [0.4, 0.5) is 0 Å². The highest BCUT2D eigenvalue weighted by Crippen LogP contribution is 2.24. The van der Waals surface area contributed by atoms with Crippen molar-refractivity contribution in [1.82, 2.24) is 0 Å². The lowest BCUT2D eigenvalue weighted by Crippen LogP contribution is -2.15. The second-order valence-corrected chi connectivity index (χ2v) is 3.79. The molecular weight excluding hydrogens is 192 g/mol. The number of rotatable bonds is 3. The highest BCUT2D eigenvalue weighted by molar-refractivity contribution is 5.37. The lowest BCUT2D eigenvalue weighted by Gasteiger charge is -2.13. The Kier molecular flexibility index (Phi) is 3.11. The van der Waals surface area contributed by atoms with E-state index in [0.717, 1.165) is 30.1 Å². The fourth-order valence-electron chi connectivity index (χ4n) is 1.70. The Morgan fingerprint density at radius 3 is 2.73 bits per heavy atom. The predicted octanol–water partition coefficient (Wildman–Crippen LogP) is 2.17. The lowest BCUT2D eigenvalue weighted by molar-refractivity contribution is 0.141. The van der Waals surface area contributed by atoms with Crippen molar-refractivity contribution in [2.24, 2.45) is 0 Å². The van der Waals surface area contributed by atoms with E-state index >= 15 is 0 Å². The van der Waals surface area contributed by atoms with Gasteiger partial charge in [0.2, 0.25) is 0 Å². The molecule has 0 aromatic heterocycles. The quantitative estimate of drug-likeness (QED) is 0.762. The highest BCUT2D eigenvalue weighted by atomic mass is 16.5. The molecule has 2 rings (SSSR count). The summed E-state index contributed by atoms with van der Waals surface area (Å²) in [4.78, 5) is 0. The monoisotopic (exact) mass is 208 g/mol. The minimum absolute atomic E-state index is 0.191. The molecule has 1 fully saturated rings. The van der Waals surface area contributed by atoms with Crippen molar-refractivity contribution in [2.45, 2.75) is 19.4 Å². The van der Waals surface area contributed by atoms with E-state index in [0.29, 0.717) is 6.61 Å². The first kappa shape index (κ1) is 10.3. The van der Waals surface area contributed by atoms with E-state index in [-0.39, 0.29) is 6.10 Å². The van der Waals surface area contributed by atoms with Crippen LogP contribution in [0.5, 0.6) is 11.5 Å². The third-order valence-corrected chi connectivity index (χ3v) is 2.45. The Hall–Kier alpha value is -1.22. The molecule has 3 heteroatoms. The summed E-state index contributed by atoms with van der Waals surface area (Å²) in [6.07, 6.45) is 1.16. The van der Waals surface area contributed by atoms with Crippen LogP contribution in [0.2, 0.25) is 0 Å². The number of aryl methyl sites for hydroxylation is 1. The van der Waals surface area contributed by atoms with Crippen LogP contribution in [0.1, 0.15) is 12.0 Å². The first-order chi connectivity index (χ1) is 7.28. The van der Waals surface area contributed by atoms with E-state index in [4.69, 9.17) is 14.2 Å². The first-order valence-corrected chi connectivity index (χ1v) is 5.18. The van der Waals surface area contributed by atoms with Gasteiger partial charge in [-0.1, -0.05) is 0 Å². The summed E-state index contributed by atoms with van der Waals surface area (Å²) in [5.41, 5.74) is 1.14. The first-order valence-electron chi connectivity index (χ1n) is 5.18. The van der Waals surface area contributed by atoms with Crippen molar-refractivity contribution in [3.05, 3.63) is 23.8 Å². The molecule has 0 bridgehead atoms. The van der Waals surface area contributed by atoms with Gasteiger partial charge in [0, 0.05) is 12.5 Å². The van der Waals surface area contributed by atoms with Crippen molar-refractivity contribution in [2.75, 3.05) is 20.3 Å². The van der Waals surface area contributed by atoms with Crippen LogP contribution in [0, 0.1) is 6.92 Å². The third-order valence-electron chi connectivity index (χ3n) is 2.45. The normalized spacial score (nSPS) is 20.3. The molecule has 1 aromatic carbocycles. The number of hydrogen-bond acceptors (Lipinski definition) is 3.